The Hall–Kier alpha value is -2.20. The van der Waals surface area contributed by atoms with Crippen molar-refractivity contribution >= 4 is 27.2 Å². The van der Waals surface area contributed by atoms with Gasteiger partial charge in [-0.15, -0.1) is 0 Å². The molecule has 6 nitrogen and oxygen atoms in total. The summed E-state index contributed by atoms with van der Waals surface area (Å²) in [6, 6.07) is 7.17. The fourth-order valence-corrected chi connectivity index (χ4v) is 2.02. The standard InChI is InChI=1S/C12H12N2O4S/c1-8(15)11(7-13)12(16)14-9-4-3-5-10(6-9)19(2,17)18/h3-6,11H,1-2H3,(H,14,16). The maximum Gasteiger partial charge on any atom is 0.249 e. The molecular weight excluding hydrogens is 268 g/mol. The van der Waals surface area contributed by atoms with Crippen LogP contribution in [0, 0.1) is 17.2 Å². The SMILES string of the molecule is CC(=O)C(C#N)C(=O)Nc1cccc(S(C)(=O)=O)c1. The number of carbonyl (C=O) groups is 2. The van der Waals surface area contributed by atoms with Crippen LogP contribution in [0.25, 0.3) is 0 Å². The monoisotopic (exact) mass is 280 g/mol. The molecule has 1 N–H and O–H groups in total. The number of nitrogens with zero attached hydrogens (tertiary/aromatic N) is 1. The van der Waals surface area contributed by atoms with Crippen molar-refractivity contribution in [3.05, 3.63) is 24.3 Å². The molecule has 0 aliphatic carbocycles. The smallest absolute Gasteiger partial charge is 0.249 e. The minimum absolute atomic E-state index is 0.0432. The first-order chi connectivity index (χ1) is 8.75. The molecule has 0 saturated carbocycles. The number of hydrogen-bond donors (Lipinski definition) is 1. The van der Waals surface area contributed by atoms with Crippen LogP contribution in [0.3, 0.4) is 0 Å². The van der Waals surface area contributed by atoms with Gasteiger partial charge in [0.1, 0.15) is 0 Å². The molecule has 1 amide bonds. The van der Waals surface area contributed by atoms with E-state index in [9.17, 15) is 18.0 Å². The van der Waals surface area contributed by atoms with Crippen LogP contribution in [-0.2, 0) is 19.4 Å². The zero-order valence-corrected chi connectivity index (χ0v) is 11.2. The van der Waals surface area contributed by atoms with Gasteiger partial charge in [-0.1, -0.05) is 6.07 Å². The zero-order chi connectivity index (χ0) is 14.6. The summed E-state index contributed by atoms with van der Waals surface area (Å²) < 4.78 is 22.7. The maximum absolute atomic E-state index is 11.6. The third-order valence-electron chi connectivity index (χ3n) is 2.33. The minimum Gasteiger partial charge on any atom is -0.325 e. The molecular formula is C12H12N2O4S. The Balaban J connectivity index is 2.99. The van der Waals surface area contributed by atoms with Gasteiger partial charge < -0.3 is 5.32 Å². The lowest BCUT2D eigenvalue weighted by Crippen LogP contribution is -2.26. The summed E-state index contributed by atoms with van der Waals surface area (Å²) in [6.07, 6.45) is 1.04. The van der Waals surface area contributed by atoms with Crippen LogP contribution < -0.4 is 5.32 Å². The van der Waals surface area contributed by atoms with E-state index in [1.165, 1.54) is 24.3 Å². The number of benzene rings is 1. The summed E-state index contributed by atoms with van der Waals surface area (Å²) >= 11 is 0. The Morgan fingerprint density at radius 2 is 2.00 bits per heavy atom. The summed E-state index contributed by atoms with van der Waals surface area (Å²) in [5, 5.41) is 11.0. The Kier molecular flexibility index (Phi) is 4.40. The third kappa shape index (κ3) is 3.89. The summed E-state index contributed by atoms with van der Waals surface area (Å²) in [5.41, 5.74) is 0.217. The highest BCUT2D eigenvalue weighted by atomic mass is 32.2. The van der Waals surface area contributed by atoms with Crippen molar-refractivity contribution in [1.82, 2.24) is 0 Å². The van der Waals surface area contributed by atoms with Crippen molar-refractivity contribution in [2.24, 2.45) is 5.92 Å². The molecule has 7 heteroatoms. The predicted molar refractivity (Wildman–Crippen MR) is 68.0 cm³/mol. The second-order valence-corrected chi connectivity index (χ2v) is 5.98. The molecule has 1 aromatic rings. The summed E-state index contributed by atoms with van der Waals surface area (Å²) in [6.45, 7) is 1.14. The van der Waals surface area contributed by atoms with E-state index in [2.05, 4.69) is 5.32 Å². The van der Waals surface area contributed by atoms with Gasteiger partial charge in [-0.2, -0.15) is 5.26 Å². The van der Waals surface area contributed by atoms with E-state index in [4.69, 9.17) is 5.26 Å². The summed E-state index contributed by atoms with van der Waals surface area (Å²) in [4.78, 5) is 22.7. The second kappa shape index (κ2) is 5.63. The minimum atomic E-state index is -3.39. The molecule has 0 heterocycles. The highest BCUT2D eigenvalue weighted by molar-refractivity contribution is 7.90. The number of anilines is 1. The lowest BCUT2D eigenvalue weighted by atomic mass is 10.1. The zero-order valence-electron chi connectivity index (χ0n) is 10.4. The average molecular weight is 280 g/mol. The van der Waals surface area contributed by atoms with Crippen LogP contribution in [0.2, 0.25) is 0 Å². The molecule has 0 aromatic heterocycles. The van der Waals surface area contributed by atoms with Crippen molar-refractivity contribution in [2.45, 2.75) is 11.8 Å². The lowest BCUT2D eigenvalue weighted by Gasteiger charge is -2.08. The average Bonchev–Trinajstić information content (AvgIpc) is 2.28. The number of amides is 1. The molecule has 1 unspecified atom stereocenters. The maximum atomic E-state index is 11.6. The van der Waals surface area contributed by atoms with E-state index in [-0.39, 0.29) is 10.6 Å². The molecule has 0 bridgehead atoms. The molecule has 19 heavy (non-hydrogen) atoms. The highest BCUT2D eigenvalue weighted by Crippen LogP contribution is 2.16. The molecule has 1 atom stereocenters. The van der Waals surface area contributed by atoms with Gasteiger partial charge in [0.15, 0.2) is 21.5 Å². The molecule has 0 aliphatic heterocycles. The van der Waals surface area contributed by atoms with Crippen LogP contribution in [-0.4, -0.2) is 26.4 Å². The molecule has 0 radical (unpaired) electrons. The fourth-order valence-electron chi connectivity index (χ4n) is 1.35. The molecule has 0 saturated heterocycles. The Morgan fingerprint density at radius 1 is 1.37 bits per heavy atom. The van der Waals surface area contributed by atoms with E-state index in [0.29, 0.717) is 0 Å². The van der Waals surface area contributed by atoms with Gasteiger partial charge in [-0.05, 0) is 25.1 Å². The van der Waals surface area contributed by atoms with Gasteiger partial charge in [0.2, 0.25) is 5.91 Å². The van der Waals surface area contributed by atoms with E-state index in [0.717, 1.165) is 13.2 Å². The van der Waals surface area contributed by atoms with E-state index in [1.807, 2.05) is 0 Å². The highest BCUT2D eigenvalue weighted by Gasteiger charge is 2.23. The number of ketones is 1. The fraction of sp³-hybridized carbons (Fsp3) is 0.250. The van der Waals surface area contributed by atoms with Crippen LogP contribution >= 0.6 is 0 Å². The molecule has 1 rings (SSSR count). The molecule has 0 aliphatic rings. The third-order valence-corrected chi connectivity index (χ3v) is 3.44. The number of nitriles is 1. The van der Waals surface area contributed by atoms with E-state index >= 15 is 0 Å². The topological polar surface area (TPSA) is 104 Å². The van der Waals surface area contributed by atoms with E-state index < -0.39 is 27.4 Å². The first kappa shape index (κ1) is 14.9. The second-order valence-electron chi connectivity index (χ2n) is 3.96. The Morgan fingerprint density at radius 3 is 2.47 bits per heavy atom. The van der Waals surface area contributed by atoms with Crippen LogP contribution in [0.5, 0.6) is 0 Å². The summed E-state index contributed by atoms with van der Waals surface area (Å²) in [5.74, 6) is -2.75. The van der Waals surface area contributed by atoms with Crippen molar-refractivity contribution in [1.29, 1.82) is 5.26 Å². The number of Topliss-reactive ketones (excluding diaryl/α,β-unsaturated/α-hetero) is 1. The van der Waals surface area contributed by atoms with Gasteiger partial charge in [0, 0.05) is 11.9 Å². The van der Waals surface area contributed by atoms with Crippen molar-refractivity contribution in [2.75, 3.05) is 11.6 Å². The number of sulfone groups is 1. The molecule has 100 valence electrons. The Bertz CT molecular complexity index is 659. The first-order valence-electron chi connectivity index (χ1n) is 5.26. The first-order valence-corrected chi connectivity index (χ1v) is 7.16. The van der Waals surface area contributed by atoms with Gasteiger partial charge >= 0.3 is 0 Å². The van der Waals surface area contributed by atoms with Gasteiger partial charge in [-0.25, -0.2) is 8.42 Å². The van der Waals surface area contributed by atoms with Crippen molar-refractivity contribution < 1.29 is 18.0 Å². The number of hydrogen-bond acceptors (Lipinski definition) is 5. The Labute approximate surface area is 111 Å². The molecule has 0 fully saturated rings. The summed E-state index contributed by atoms with van der Waals surface area (Å²) in [7, 11) is -3.39. The normalized spacial score (nSPS) is 12.3. The van der Waals surface area contributed by atoms with Crippen molar-refractivity contribution in [3.8, 4) is 6.07 Å². The van der Waals surface area contributed by atoms with Crippen molar-refractivity contribution in [3.63, 3.8) is 0 Å². The number of nitrogens with one attached hydrogen (secondary N) is 1. The van der Waals surface area contributed by atoms with Gasteiger partial charge in [-0.3, -0.25) is 9.59 Å². The van der Waals surface area contributed by atoms with Crippen LogP contribution in [0.4, 0.5) is 5.69 Å². The number of rotatable bonds is 4. The quantitative estimate of drug-likeness (QED) is 0.820. The van der Waals surface area contributed by atoms with Crippen LogP contribution in [0.15, 0.2) is 29.2 Å². The predicted octanol–water partition coefficient (Wildman–Crippen LogP) is 0.757. The van der Waals surface area contributed by atoms with E-state index in [1.54, 1.807) is 6.07 Å². The molecule has 1 aromatic carbocycles. The van der Waals surface area contributed by atoms with Gasteiger partial charge in [0.25, 0.3) is 0 Å². The number of carbonyl (C=O) groups excluding carboxylic acids is 2. The largest absolute Gasteiger partial charge is 0.325 e. The van der Waals surface area contributed by atoms with Crippen LogP contribution in [0.1, 0.15) is 6.92 Å². The lowest BCUT2D eigenvalue weighted by molar-refractivity contribution is -0.127. The van der Waals surface area contributed by atoms with Gasteiger partial charge in [0.05, 0.1) is 11.0 Å². The molecule has 0 spiro atoms.